The van der Waals surface area contributed by atoms with Gasteiger partial charge in [0.15, 0.2) is 0 Å². The third-order valence-corrected chi connectivity index (χ3v) is 2.27. The Morgan fingerprint density at radius 2 is 1.75 bits per heavy atom. The highest BCUT2D eigenvalue weighted by Gasteiger charge is 2.19. The number of hydrogen-bond donors (Lipinski definition) is 3. The van der Waals surface area contributed by atoms with Crippen molar-refractivity contribution >= 4 is 12.6 Å². The predicted octanol–water partition coefficient (Wildman–Crippen LogP) is 1.23. The Hall–Kier alpha value is -0.210. The Kier molecular flexibility index (Phi) is 6.42. The van der Waals surface area contributed by atoms with Crippen molar-refractivity contribution in [1.82, 2.24) is 0 Å². The molecule has 0 saturated carbocycles. The van der Waals surface area contributed by atoms with Crippen LogP contribution in [-0.2, 0) is 4.74 Å². The van der Waals surface area contributed by atoms with E-state index >= 15 is 0 Å². The van der Waals surface area contributed by atoms with Gasteiger partial charge in [-0.25, -0.2) is 0 Å². The van der Waals surface area contributed by atoms with Crippen LogP contribution in [0.25, 0.3) is 0 Å². The zero-order valence-electron chi connectivity index (χ0n) is 10.6. The fourth-order valence-electron chi connectivity index (χ4n) is 0.861. The van der Waals surface area contributed by atoms with Gasteiger partial charge < -0.3 is 14.9 Å². The normalized spacial score (nSPS) is 19.2. The highest BCUT2D eigenvalue weighted by Crippen LogP contribution is 2.11. The molecular formula is C12H22O3S. The minimum atomic E-state index is -1.04. The van der Waals surface area contributed by atoms with Crippen LogP contribution in [0.1, 0.15) is 34.6 Å². The highest BCUT2D eigenvalue weighted by molar-refractivity contribution is 7.81. The van der Waals surface area contributed by atoms with Gasteiger partial charge in [-0.3, -0.25) is 0 Å². The van der Waals surface area contributed by atoms with Crippen LogP contribution in [0.15, 0.2) is 0 Å². The summed E-state index contributed by atoms with van der Waals surface area (Å²) in [5, 5.41) is 18.7. The Bertz CT molecular complexity index is 258. The Morgan fingerprint density at radius 1 is 1.25 bits per heavy atom. The third kappa shape index (κ3) is 7.13. The summed E-state index contributed by atoms with van der Waals surface area (Å²) in [4.78, 5) is 0. The first-order valence-corrected chi connectivity index (χ1v) is 5.92. The average molecular weight is 246 g/mol. The fourth-order valence-corrected chi connectivity index (χ4v) is 1.01. The van der Waals surface area contributed by atoms with Gasteiger partial charge in [0.2, 0.25) is 0 Å². The molecule has 0 aliphatic carbocycles. The molecule has 0 rings (SSSR count). The van der Waals surface area contributed by atoms with E-state index in [0.717, 1.165) is 0 Å². The molecule has 3 nitrogen and oxygen atoms in total. The quantitative estimate of drug-likeness (QED) is 0.516. The second-order valence-corrected chi connectivity index (χ2v) is 5.39. The van der Waals surface area contributed by atoms with Gasteiger partial charge in [-0.1, -0.05) is 18.8 Å². The molecule has 0 aromatic carbocycles. The van der Waals surface area contributed by atoms with Gasteiger partial charge >= 0.3 is 0 Å². The number of ether oxygens (including phenoxy) is 1. The highest BCUT2D eigenvalue weighted by atomic mass is 32.1. The van der Waals surface area contributed by atoms with E-state index in [2.05, 4.69) is 24.5 Å². The van der Waals surface area contributed by atoms with E-state index < -0.39 is 17.8 Å². The number of aliphatic hydroxyl groups excluding tert-OH is 1. The Morgan fingerprint density at radius 3 is 2.06 bits per heavy atom. The number of hydrogen-bond acceptors (Lipinski definition) is 4. The number of aliphatic hydroxyl groups is 2. The van der Waals surface area contributed by atoms with Crippen molar-refractivity contribution in [3.8, 4) is 11.8 Å². The molecule has 0 unspecified atom stereocenters. The maximum Gasteiger partial charge on any atom is 0.130 e. The van der Waals surface area contributed by atoms with Crippen molar-refractivity contribution < 1.29 is 14.9 Å². The maximum absolute atomic E-state index is 9.49. The molecule has 0 bridgehead atoms. The van der Waals surface area contributed by atoms with Crippen LogP contribution in [0.2, 0.25) is 0 Å². The van der Waals surface area contributed by atoms with E-state index in [1.807, 2.05) is 6.92 Å². The summed E-state index contributed by atoms with van der Waals surface area (Å²) in [6.07, 6.45) is -1.27. The molecular weight excluding hydrogens is 224 g/mol. The van der Waals surface area contributed by atoms with E-state index in [9.17, 15) is 10.2 Å². The summed E-state index contributed by atoms with van der Waals surface area (Å²) >= 11 is 4.28. The SMILES string of the molecule is C[C@H](O)[C@H](C)O[C@H](C#CC(C)(C)O)[C@@H](C)S. The molecule has 0 aromatic rings. The molecule has 0 radical (unpaired) electrons. The molecule has 16 heavy (non-hydrogen) atoms. The second kappa shape index (κ2) is 6.51. The van der Waals surface area contributed by atoms with E-state index in [-0.39, 0.29) is 11.4 Å². The van der Waals surface area contributed by atoms with Crippen LogP contribution >= 0.6 is 12.6 Å². The van der Waals surface area contributed by atoms with Crippen molar-refractivity contribution in [2.24, 2.45) is 0 Å². The maximum atomic E-state index is 9.49. The van der Waals surface area contributed by atoms with Crippen molar-refractivity contribution in [3.05, 3.63) is 0 Å². The second-order valence-electron chi connectivity index (χ2n) is 4.57. The molecule has 0 amide bonds. The van der Waals surface area contributed by atoms with Crippen LogP contribution in [0.3, 0.4) is 0 Å². The lowest BCUT2D eigenvalue weighted by Crippen LogP contribution is -2.32. The smallest absolute Gasteiger partial charge is 0.130 e. The molecule has 0 fully saturated rings. The molecule has 4 heteroatoms. The van der Waals surface area contributed by atoms with Gasteiger partial charge in [0.25, 0.3) is 0 Å². The summed E-state index contributed by atoms with van der Waals surface area (Å²) in [5.74, 6) is 5.53. The zero-order valence-corrected chi connectivity index (χ0v) is 11.5. The largest absolute Gasteiger partial charge is 0.391 e. The van der Waals surface area contributed by atoms with Crippen molar-refractivity contribution in [1.29, 1.82) is 0 Å². The van der Waals surface area contributed by atoms with E-state index in [1.165, 1.54) is 0 Å². The standard InChI is InChI=1S/C12H22O3S/c1-8(13)9(2)15-11(10(3)16)6-7-12(4,5)14/h8-11,13-14,16H,1-5H3/t8-,9-,10+,11+/m0/s1. The first-order valence-electron chi connectivity index (χ1n) is 5.40. The van der Waals surface area contributed by atoms with Crippen LogP contribution in [0.5, 0.6) is 0 Å². The molecule has 0 aromatic heterocycles. The Labute approximate surface area is 104 Å². The minimum Gasteiger partial charge on any atom is -0.391 e. The zero-order chi connectivity index (χ0) is 12.9. The molecule has 0 aliphatic heterocycles. The summed E-state index contributed by atoms with van der Waals surface area (Å²) < 4.78 is 5.56. The van der Waals surface area contributed by atoms with Crippen molar-refractivity contribution in [3.63, 3.8) is 0 Å². The van der Waals surface area contributed by atoms with Crippen LogP contribution in [-0.4, -0.2) is 39.4 Å². The van der Waals surface area contributed by atoms with Crippen LogP contribution in [0.4, 0.5) is 0 Å². The summed E-state index contributed by atoms with van der Waals surface area (Å²) in [7, 11) is 0. The lowest BCUT2D eigenvalue weighted by Gasteiger charge is -2.23. The molecule has 0 spiro atoms. The first kappa shape index (κ1) is 15.8. The van der Waals surface area contributed by atoms with E-state index in [0.29, 0.717) is 0 Å². The Balaban J connectivity index is 4.56. The third-order valence-electron chi connectivity index (χ3n) is 2.00. The van der Waals surface area contributed by atoms with Crippen molar-refractivity contribution in [2.45, 2.75) is 63.8 Å². The molecule has 2 N–H and O–H groups in total. The predicted molar refractivity (Wildman–Crippen MR) is 68.5 cm³/mol. The minimum absolute atomic E-state index is 0.0870. The molecule has 94 valence electrons. The summed E-state index contributed by atoms with van der Waals surface area (Å²) in [6.45, 7) is 8.52. The molecule has 0 aliphatic rings. The van der Waals surface area contributed by atoms with Gasteiger partial charge in [-0.2, -0.15) is 12.6 Å². The lowest BCUT2D eigenvalue weighted by atomic mass is 10.1. The fraction of sp³-hybridized carbons (Fsp3) is 0.833. The van der Waals surface area contributed by atoms with Gasteiger partial charge in [0, 0.05) is 5.25 Å². The lowest BCUT2D eigenvalue weighted by molar-refractivity contribution is -0.0398. The molecule has 4 atom stereocenters. The number of thiol groups is 1. The van der Waals surface area contributed by atoms with Crippen molar-refractivity contribution in [2.75, 3.05) is 0 Å². The monoisotopic (exact) mass is 246 g/mol. The van der Waals surface area contributed by atoms with Gasteiger partial charge in [-0.05, 0) is 27.7 Å². The molecule has 0 heterocycles. The van der Waals surface area contributed by atoms with Gasteiger partial charge in [-0.15, -0.1) is 0 Å². The topological polar surface area (TPSA) is 49.7 Å². The van der Waals surface area contributed by atoms with E-state index in [4.69, 9.17) is 4.74 Å². The number of rotatable bonds is 4. The summed E-state index contributed by atoms with van der Waals surface area (Å²) in [5.41, 5.74) is -1.04. The first-order chi connectivity index (χ1) is 7.13. The van der Waals surface area contributed by atoms with Crippen LogP contribution < -0.4 is 0 Å². The van der Waals surface area contributed by atoms with Crippen LogP contribution in [0, 0.1) is 11.8 Å². The van der Waals surface area contributed by atoms with Gasteiger partial charge in [0.1, 0.15) is 11.7 Å². The van der Waals surface area contributed by atoms with E-state index in [1.54, 1.807) is 27.7 Å². The average Bonchev–Trinajstić information content (AvgIpc) is 2.09. The summed E-state index contributed by atoms with van der Waals surface area (Å²) in [6, 6.07) is 0. The van der Waals surface area contributed by atoms with Gasteiger partial charge in [0.05, 0.1) is 12.2 Å². The molecule has 0 saturated heterocycles.